The van der Waals surface area contributed by atoms with Crippen LogP contribution >= 0.6 is 0 Å². The second kappa shape index (κ2) is 8.24. The number of halogens is 1. The molecule has 2 aromatic carbocycles. The molecule has 2 aromatic heterocycles. The Labute approximate surface area is 170 Å². The fourth-order valence-electron chi connectivity index (χ4n) is 2.99. The van der Waals surface area contributed by atoms with Crippen LogP contribution in [0.4, 0.5) is 4.39 Å². The molecule has 0 aliphatic heterocycles. The lowest BCUT2D eigenvalue weighted by Gasteiger charge is -2.09. The van der Waals surface area contributed by atoms with Gasteiger partial charge in [-0.15, -0.1) is 0 Å². The van der Waals surface area contributed by atoms with E-state index in [9.17, 15) is 14.0 Å². The maximum atomic E-state index is 13.0. The number of para-hydroxylation sites is 1. The maximum absolute atomic E-state index is 13.0. The number of hydrogen-bond acceptors (Lipinski definition) is 6. The fourth-order valence-corrected chi connectivity index (χ4v) is 2.99. The van der Waals surface area contributed by atoms with Gasteiger partial charge < -0.3 is 14.8 Å². The lowest BCUT2D eigenvalue weighted by Crippen LogP contribution is -2.27. The Kier molecular flexibility index (Phi) is 5.34. The zero-order valence-corrected chi connectivity index (χ0v) is 16.1. The number of aromatic nitrogens is 4. The quantitative estimate of drug-likeness (QED) is 0.508. The molecule has 0 saturated heterocycles. The van der Waals surface area contributed by atoms with Gasteiger partial charge in [-0.05, 0) is 43.3 Å². The summed E-state index contributed by atoms with van der Waals surface area (Å²) in [5.74, 6) is 0.382. The van der Waals surface area contributed by atoms with Crippen molar-refractivity contribution in [2.75, 3.05) is 0 Å². The number of benzene rings is 2. The molecule has 1 unspecified atom stereocenters. The van der Waals surface area contributed by atoms with Gasteiger partial charge in [0.1, 0.15) is 17.7 Å². The van der Waals surface area contributed by atoms with Crippen molar-refractivity contribution >= 4 is 16.8 Å². The molecule has 0 radical (unpaired) electrons. The number of H-pyrrole nitrogens is 1. The van der Waals surface area contributed by atoms with Crippen molar-refractivity contribution in [1.29, 1.82) is 0 Å². The predicted octanol–water partition coefficient (Wildman–Crippen LogP) is 2.92. The SMILES string of the molecule is CC(NC(=O)CCc1nc2ccccc2c(=O)[nH]1)c1nc(-c2ccc(F)cc2)no1. The largest absolute Gasteiger partial charge is 0.345 e. The Balaban J connectivity index is 1.37. The van der Waals surface area contributed by atoms with E-state index in [1.807, 2.05) is 0 Å². The van der Waals surface area contributed by atoms with Gasteiger partial charge >= 0.3 is 0 Å². The van der Waals surface area contributed by atoms with Crippen LogP contribution in [-0.4, -0.2) is 26.0 Å². The highest BCUT2D eigenvalue weighted by Crippen LogP contribution is 2.19. The zero-order valence-electron chi connectivity index (χ0n) is 16.1. The van der Waals surface area contributed by atoms with Gasteiger partial charge in [-0.2, -0.15) is 4.98 Å². The second-order valence-electron chi connectivity index (χ2n) is 6.78. The maximum Gasteiger partial charge on any atom is 0.258 e. The predicted molar refractivity (Wildman–Crippen MR) is 107 cm³/mol. The van der Waals surface area contributed by atoms with Crippen LogP contribution in [0.3, 0.4) is 0 Å². The highest BCUT2D eigenvalue weighted by molar-refractivity contribution is 5.78. The van der Waals surface area contributed by atoms with Gasteiger partial charge in [0, 0.05) is 18.4 Å². The van der Waals surface area contributed by atoms with Gasteiger partial charge in [-0.25, -0.2) is 9.37 Å². The van der Waals surface area contributed by atoms with Crippen molar-refractivity contribution in [1.82, 2.24) is 25.4 Å². The van der Waals surface area contributed by atoms with Crippen LogP contribution in [0.15, 0.2) is 57.8 Å². The highest BCUT2D eigenvalue weighted by Gasteiger charge is 2.17. The number of aromatic amines is 1. The number of nitrogens with one attached hydrogen (secondary N) is 2. The van der Waals surface area contributed by atoms with E-state index < -0.39 is 6.04 Å². The first-order chi connectivity index (χ1) is 14.5. The molecule has 0 bridgehead atoms. The van der Waals surface area contributed by atoms with Gasteiger partial charge in [0.05, 0.1) is 10.9 Å². The summed E-state index contributed by atoms with van der Waals surface area (Å²) < 4.78 is 18.2. The molecule has 1 atom stereocenters. The summed E-state index contributed by atoms with van der Waals surface area (Å²) in [6, 6.07) is 12.2. The summed E-state index contributed by atoms with van der Waals surface area (Å²) in [5.41, 5.74) is 0.962. The molecule has 8 nitrogen and oxygen atoms in total. The standard InChI is InChI=1S/C21H18FN5O3/c1-12(21-26-19(27-30-21)13-6-8-14(22)9-7-13)23-18(28)11-10-17-24-16-5-3-2-4-15(16)20(29)25-17/h2-9,12H,10-11H2,1H3,(H,23,28)(H,24,25,29). The summed E-state index contributed by atoms with van der Waals surface area (Å²) >= 11 is 0. The lowest BCUT2D eigenvalue weighted by molar-refractivity contribution is -0.121. The van der Waals surface area contributed by atoms with Gasteiger partial charge in [0.2, 0.25) is 17.6 Å². The number of nitrogens with zero attached hydrogens (tertiary/aromatic N) is 3. The highest BCUT2D eigenvalue weighted by atomic mass is 19.1. The third-order valence-electron chi connectivity index (χ3n) is 4.54. The van der Waals surface area contributed by atoms with Crippen LogP contribution in [0.5, 0.6) is 0 Å². The van der Waals surface area contributed by atoms with E-state index in [1.165, 1.54) is 12.1 Å². The molecule has 2 N–H and O–H groups in total. The monoisotopic (exact) mass is 407 g/mol. The molecule has 0 aliphatic rings. The second-order valence-corrected chi connectivity index (χ2v) is 6.78. The first-order valence-corrected chi connectivity index (χ1v) is 9.36. The Bertz CT molecular complexity index is 1250. The van der Waals surface area contributed by atoms with Gasteiger partial charge in [-0.3, -0.25) is 9.59 Å². The molecule has 30 heavy (non-hydrogen) atoms. The normalized spacial score (nSPS) is 12.1. The smallest absolute Gasteiger partial charge is 0.258 e. The number of carbonyl (C=O) groups is 1. The van der Waals surface area contributed by atoms with Crippen LogP contribution in [0.2, 0.25) is 0 Å². The molecule has 0 fully saturated rings. The number of rotatable bonds is 6. The van der Waals surface area contributed by atoms with E-state index in [0.29, 0.717) is 28.1 Å². The van der Waals surface area contributed by atoms with E-state index in [0.717, 1.165) is 0 Å². The van der Waals surface area contributed by atoms with Gasteiger partial charge in [0.25, 0.3) is 5.56 Å². The molecule has 0 aliphatic carbocycles. The van der Waals surface area contributed by atoms with Gasteiger partial charge in [0.15, 0.2) is 0 Å². The van der Waals surface area contributed by atoms with Crippen molar-refractivity contribution in [3.05, 3.63) is 76.4 Å². The molecule has 4 aromatic rings. The summed E-state index contributed by atoms with van der Waals surface area (Å²) in [5, 5.41) is 7.15. The van der Waals surface area contributed by atoms with Crippen LogP contribution in [0, 0.1) is 5.82 Å². The number of carbonyl (C=O) groups excluding carboxylic acids is 1. The Morgan fingerprint density at radius 2 is 1.93 bits per heavy atom. The van der Waals surface area contributed by atoms with Crippen LogP contribution in [0.25, 0.3) is 22.3 Å². The molecule has 1 amide bonds. The molecule has 4 rings (SSSR count). The lowest BCUT2D eigenvalue weighted by atomic mass is 10.2. The van der Waals surface area contributed by atoms with Crippen molar-refractivity contribution < 1.29 is 13.7 Å². The third kappa shape index (κ3) is 4.24. The molecule has 152 valence electrons. The first-order valence-electron chi connectivity index (χ1n) is 9.36. The number of aryl methyl sites for hydroxylation is 1. The summed E-state index contributed by atoms with van der Waals surface area (Å²) in [6.07, 6.45) is 0.411. The van der Waals surface area contributed by atoms with E-state index in [-0.39, 0.29) is 36.0 Å². The summed E-state index contributed by atoms with van der Waals surface area (Å²) in [4.78, 5) is 35.7. The third-order valence-corrected chi connectivity index (χ3v) is 4.54. The average molecular weight is 407 g/mol. The van der Waals surface area contributed by atoms with E-state index in [4.69, 9.17) is 4.52 Å². The van der Waals surface area contributed by atoms with Crippen LogP contribution in [0.1, 0.15) is 31.1 Å². The van der Waals surface area contributed by atoms with Crippen LogP contribution in [-0.2, 0) is 11.2 Å². The molecule has 0 saturated carbocycles. The van der Waals surface area contributed by atoms with Crippen molar-refractivity contribution in [2.45, 2.75) is 25.8 Å². The number of amides is 1. The topological polar surface area (TPSA) is 114 Å². The number of fused-ring (bicyclic) bond motifs is 1. The Hall–Kier alpha value is -3.88. The molecule has 9 heteroatoms. The molecular weight excluding hydrogens is 389 g/mol. The van der Waals surface area contributed by atoms with Crippen molar-refractivity contribution in [2.24, 2.45) is 0 Å². The molecular formula is C21H18FN5O3. The minimum atomic E-state index is -0.511. The van der Waals surface area contributed by atoms with E-state index in [1.54, 1.807) is 43.3 Å². The zero-order chi connectivity index (χ0) is 21.1. The Morgan fingerprint density at radius 3 is 2.73 bits per heavy atom. The number of hydrogen-bond donors (Lipinski definition) is 2. The van der Waals surface area contributed by atoms with Crippen molar-refractivity contribution in [3.63, 3.8) is 0 Å². The fraction of sp³-hybridized carbons (Fsp3) is 0.190. The minimum absolute atomic E-state index is 0.130. The van der Waals surface area contributed by atoms with E-state index in [2.05, 4.69) is 25.4 Å². The van der Waals surface area contributed by atoms with E-state index >= 15 is 0 Å². The first kappa shape index (κ1) is 19.4. The summed E-state index contributed by atoms with van der Waals surface area (Å²) in [7, 11) is 0. The van der Waals surface area contributed by atoms with Gasteiger partial charge in [-0.1, -0.05) is 17.3 Å². The average Bonchev–Trinajstić information content (AvgIpc) is 3.23. The summed E-state index contributed by atoms with van der Waals surface area (Å²) in [6.45, 7) is 1.72. The minimum Gasteiger partial charge on any atom is -0.345 e. The Morgan fingerprint density at radius 1 is 1.17 bits per heavy atom. The molecule has 2 heterocycles. The molecule has 0 spiro atoms. The van der Waals surface area contributed by atoms with Crippen molar-refractivity contribution in [3.8, 4) is 11.4 Å². The van der Waals surface area contributed by atoms with Crippen LogP contribution < -0.4 is 10.9 Å².